The van der Waals surface area contributed by atoms with Crippen LogP contribution in [0.5, 0.6) is 5.75 Å². The molecule has 1 aliphatic rings. The van der Waals surface area contributed by atoms with Crippen molar-refractivity contribution in [2.45, 2.75) is 19.4 Å². The number of benzene rings is 1. The summed E-state index contributed by atoms with van der Waals surface area (Å²) in [5, 5.41) is 0. The molecule has 0 amide bonds. The Kier molecular flexibility index (Phi) is 5.03. The van der Waals surface area contributed by atoms with Crippen molar-refractivity contribution in [2.24, 2.45) is 5.92 Å². The van der Waals surface area contributed by atoms with E-state index in [1.54, 1.807) is 13.3 Å². The van der Waals surface area contributed by atoms with E-state index in [9.17, 15) is 4.79 Å². The van der Waals surface area contributed by atoms with Gasteiger partial charge in [-0.15, -0.1) is 0 Å². The molecule has 120 valence electrons. The van der Waals surface area contributed by atoms with Crippen LogP contribution in [0, 0.1) is 5.92 Å². The summed E-state index contributed by atoms with van der Waals surface area (Å²) in [5.74, 6) is 1.02. The Morgan fingerprint density at radius 2 is 2.26 bits per heavy atom. The number of aromatic nitrogens is 1. The van der Waals surface area contributed by atoms with E-state index in [0.717, 1.165) is 43.8 Å². The molecule has 4 nitrogen and oxygen atoms in total. The lowest BCUT2D eigenvalue weighted by molar-refractivity contribution is 0.0811. The van der Waals surface area contributed by atoms with Crippen LogP contribution in [-0.2, 0) is 6.54 Å². The summed E-state index contributed by atoms with van der Waals surface area (Å²) in [6, 6.07) is 11.5. The number of ketones is 1. The number of carbonyl (C=O) groups is 1. The maximum atomic E-state index is 12.8. The molecule has 1 unspecified atom stereocenters. The first-order chi connectivity index (χ1) is 11.3. The van der Waals surface area contributed by atoms with Crippen LogP contribution >= 0.6 is 0 Å². The topological polar surface area (TPSA) is 42.4 Å². The number of pyridine rings is 1. The van der Waals surface area contributed by atoms with Gasteiger partial charge in [0.15, 0.2) is 5.78 Å². The highest BCUT2D eigenvalue weighted by Gasteiger charge is 2.26. The fourth-order valence-electron chi connectivity index (χ4n) is 3.18. The minimum absolute atomic E-state index is 0.0625. The Morgan fingerprint density at radius 1 is 1.35 bits per heavy atom. The van der Waals surface area contributed by atoms with Crippen molar-refractivity contribution < 1.29 is 9.53 Å². The number of Topliss-reactive ketones (excluding diaryl/α,β-unsaturated/α-hetero) is 1. The fraction of sp³-hybridized carbons (Fsp3) is 0.368. The molecule has 0 N–H and O–H groups in total. The molecular formula is C19H22N2O2. The largest absolute Gasteiger partial charge is 0.497 e. The quantitative estimate of drug-likeness (QED) is 0.796. The number of piperidine rings is 1. The Labute approximate surface area is 137 Å². The summed E-state index contributed by atoms with van der Waals surface area (Å²) >= 11 is 0. The van der Waals surface area contributed by atoms with Crippen LogP contribution in [0.15, 0.2) is 48.8 Å². The van der Waals surface area contributed by atoms with Crippen molar-refractivity contribution in [2.75, 3.05) is 20.2 Å². The number of carbonyl (C=O) groups excluding carboxylic acids is 1. The molecule has 1 atom stereocenters. The monoisotopic (exact) mass is 310 g/mol. The molecule has 3 rings (SSSR count). The molecule has 0 saturated carbocycles. The van der Waals surface area contributed by atoms with Crippen LogP contribution in [-0.4, -0.2) is 35.9 Å². The average Bonchev–Trinajstić information content (AvgIpc) is 2.62. The van der Waals surface area contributed by atoms with Gasteiger partial charge in [0.1, 0.15) is 5.75 Å². The number of hydrogen-bond donors (Lipinski definition) is 0. The van der Waals surface area contributed by atoms with Crippen LogP contribution in [0.1, 0.15) is 28.8 Å². The first-order valence-corrected chi connectivity index (χ1v) is 8.06. The van der Waals surface area contributed by atoms with Gasteiger partial charge in [0.25, 0.3) is 0 Å². The molecule has 1 aliphatic heterocycles. The molecule has 23 heavy (non-hydrogen) atoms. The van der Waals surface area contributed by atoms with E-state index in [4.69, 9.17) is 4.74 Å². The van der Waals surface area contributed by atoms with Gasteiger partial charge in [-0.05, 0) is 43.1 Å². The highest BCUT2D eigenvalue weighted by atomic mass is 16.5. The summed E-state index contributed by atoms with van der Waals surface area (Å²) in [5.41, 5.74) is 1.94. The van der Waals surface area contributed by atoms with Gasteiger partial charge >= 0.3 is 0 Å². The predicted octanol–water partition coefficient (Wildman–Crippen LogP) is 3.19. The van der Waals surface area contributed by atoms with E-state index in [-0.39, 0.29) is 11.7 Å². The van der Waals surface area contributed by atoms with Crippen molar-refractivity contribution >= 4 is 5.78 Å². The molecule has 0 bridgehead atoms. The second-order valence-corrected chi connectivity index (χ2v) is 6.03. The number of likely N-dealkylation sites (tertiary alicyclic amines) is 1. The lowest BCUT2D eigenvalue weighted by atomic mass is 9.89. The van der Waals surface area contributed by atoms with Gasteiger partial charge in [0.2, 0.25) is 0 Å². The Hall–Kier alpha value is -2.20. The van der Waals surface area contributed by atoms with Gasteiger partial charge in [-0.3, -0.25) is 14.7 Å². The molecule has 1 aromatic heterocycles. The molecule has 1 saturated heterocycles. The zero-order valence-corrected chi connectivity index (χ0v) is 13.4. The minimum atomic E-state index is 0.0625. The molecule has 0 aliphatic carbocycles. The Morgan fingerprint density at radius 3 is 3.04 bits per heavy atom. The van der Waals surface area contributed by atoms with Crippen LogP contribution in [0.3, 0.4) is 0 Å². The zero-order valence-electron chi connectivity index (χ0n) is 13.4. The molecule has 1 aromatic carbocycles. The van der Waals surface area contributed by atoms with Crippen molar-refractivity contribution in [1.82, 2.24) is 9.88 Å². The third-order valence-electron chi connectivity index (χ3n) is 4.36. The van der Waals surface area contributed by atoms with Gasteiger partial charge in [0.05, 0.1) is 7.11 Å². The smallest absolute Gasteiger partial charge is 0.167 e. The third kappa shape index (κ3) is 3.96. The second-order valence-electron chi connectivity index (χ2n) is 6.03. The highest BCUT2D eigenvalue weighted by molar-refractivity contribution is 5.98. The maximum Gasteiger partial charge on any atom is 0.167 e. The first-order valence-electron chi connectivity index (χ1n) is 8.06. The first kappa shape index (κ1) is 15.7. The minimum Gasteiger partial charge on any atom is -0.497 e. The number of methoxy groups -OCH3 is 1. The van der Waals surface area contributed by atoms with Crippen molar-refractivity contribution in [3.8, 4) is 5.75 Å². The van der Waals surface area contributed by atoms with E-state index in [1.807, 2.05) is 36.5 Å². The van der Waals surface area contributed by atoms with E-state index in [1.165, 1.54) is 5.56 Å². The summed E-state index contributed by atoms with van der Waals surface area (Å²) in [4.78, 5) is 19.3. The molecule has 0 radical (unpaired) electrons. The Balaban J connectivity index is 1.66. The predicted molar refractivity (Wildman–Crippen MR) is 89.6 cm³/mol. The maximum absolute atomic E-state index is 12.8. The Bertz CT molecular complexity index is 657. The molecule has 4 heteroatoms. The second kappa shape index (κ2) is 7.38. The summed E-state index contributed by atoms with van der Waals surface area (Å²) in [6.07, 6.45) is 5.70. The zero-order chi connectivity index (χ0) is 16.1. The van der Waals surface area contributed by atoms with E-state index in [2.05, 4.69) is 16.0 Å². The van der Waals surface area contributed by atoms with Gasteiger partial charge in [0, 0.05) is 37.0 Å². The number of hydrogen-bond acceptors (Lipinski definition) is 4. The average molecular weight is 310 g/mol. The third-order valence-corrected chi connectivity index (χ3v) is 4.36. The van der Waals surface area contributed by atoms with Crippen LogP contribution in [0.2, 0.25) is 0 Å². The van der Waals surface area contributed by atoms with Gasteiger partial charge in [-0.2, -0.15) is 0 Å². The summed E-state index contributed by atoms with van der Waals surface area (Å²) in [7, 11) is 1.62. The lowest BCUT2D eigenvalue weighted by Crippen LogP contribution is -2.38. The van der Waals surface area contributed by atoms with Gasteiger partial charge in [-0.25, -0.2) is 0 Å². The fourth-order valence-corrected chi connectivity index (χ4v) is 3.18. The molecule has 1 fully saturated rings. The SMILES string of the molecule is COc1cccc(C(=O)C2CCCN(Cc3cccnc3)C2)c1. The molecular weight excluding hydrogens is 288 g/mol. The number of rotatable bonds is 5. The van der Waals surface area contributed by atoms with Crippen molar-refractivity contribution in [3.63, 3.8) is 0 Å². The van der Waals surface area contributed by atoms with E-state index in [0.29, 0.717) is 0 Å². The van der Waals surface area contributed by atoms with Gasteiger partial charge < -0.3 is 4.74 Å². The number of ether oxygens (including phenoxy) is 1. The van der Waals surface area contributed by atoms with Crippen LogP contribution < -0.4 is 4.74 Å². The van der Waals surface area contributed by atoms with Crippen LogP contribution in [0.4, 0.5) is 0 Å². The standard InChI is InChI=1S/C19H22N2O2/c1-23-18-8-2-6-16(11-18)19(22)17-7-4-10-21(14-17)13-15-5-3-9-20-12-15/h2-3,5-6,8-9,11-12,17H,4,7,10,13-14H2,1H3. The molecule has 2 heterocycles. The lowest BCUT2D eigenvalue weighted by Gasteiger charge is -2.32. The van der Waals surface area contributed by atoms with E-state index < -0.39 is 0 Å². The molecule has 2 aromatic rings. The van der Waals surface area contributed by atoms with Crippen molar-refractivity contribution in [1.29, 1.82) is 0 Å². The molecule has 0 spiro atoms. The highest BCUT2D eigenvalue weighted by Crippen LogP contribution is 2.24. The summed E-state index contributed by atoms with van der Waals surface area (Å²) in [6.45, 7) is 2.71. The summed E-state index contributed by atoms with van der Waals surface area (Å²) < 4.78 is 5.22. The number of nitrogens with zero attached hydrogens (tertiary/aromatic N) is 2. The van der Waals surface area contributed by atoms with E-state index >= 15 is 0 Å². The van der Waals surface area contributed by atoms with Crippen LogP contribution in [0.25, 0.3) is 0 Å². The van der Waals surface area contributed by atoms with Crippen molar-refractivity contribution in [3.05, 3.63) is 59.9 Å². The van der Waals surface area contributed by atoms with Gasteiger partial charge in [-0.1, -0.05) is 18.2 Å². The normalized spacial score (nSPS) is 18.6.